The molecule has 1 aromatic carbocycles. The van der Waals surface area contributed by atoms with E-state index in [1.165, 1.54) is 0 Å². The first-order valence-corrected chi connectivity index (χ1v) is 8.49. The predicted octanol–water partition coefficient (Wildman–Crippen LogP) is 3.88. The van der Waals surface area contributed by atoms with Gasteiger partial charge in [-0.25, -0.2) is 0 Å². The maximum absolute atomic E-state index is 6.13. The van der Waals surface area contributed by atoms with Crippen LogP contribution in [0.5, 0.6) is 0 Å². The Kier molecular flexibility index (Phi) is 6.36. The maximum Gasteiger partial charge on any atom is 0.0964 e. The third kappa shape index (κ3) is 5.51. The Morgan fingerprint density at radius 1 is 1.33 bits per heavy atom. The number of aromatic nitrogens is 3. The molecule has 0 amide bonds. The molecule has 0 saturated carbocycles. The summed E-state index contributed by atoms with van der Waals surface area (Å²) in [6, 6.07) is 5.93. The van der Waals surface area contributed by atoms with Gasteiger partial charge in [-0.1, -0.05) is 42.3 Å². The van der Waals surface area contributed by atoms with E-state index in [0.717, 1.165) is 34.5 Å². The van der Waals surface area contributed by atoms with Crippen LogP contribution in [-0.2, 0) is 13.1 Å². The Hall–Kier alpha value is -0.750. The van der Waals surface area contributed by atoms with Crippen LogP contribution in [0.1, 0.15) is 19.5 Å². The highest BCUT2D eigenvalue weighted by Crippen LogP contribution is 2.29. The second kappa shape index (κ2) is 8.03. The molecule has 0 unspecified atom stereocenters. The molecule has 0 spiro atoms. The van der Waals surface area contributed by atoms with E-state index >= 15 is 0 Å². The molecule has 2 aromatic rings. The molecule has 1 aromatic heterocycles. The van der Waals surface area contributed by atoms with Gasteiger partial charge in [-0.15, -0.1) is 16.9 Å². The van der Waals surface area contributed by atoms with Crippen LogP contribution in [0.25, 0.3) is 0 Å². The summed E-state index contributed by atoms with van der Waals surface area (Å²) in [5.74, 6) is 0.862. The van der Waals surface area contributed by atoms with Crippen LogP contribution in [0, 0.1) is 0 Å². The first-order valence-electron chi connectivity index (χ1n) is 6.75. The number of thioether (sulfide) groups is 1. The zero-order chi connectivity index (χ0) is 15.2. The lowest BCUT2D eigenvalue weighted by Gasteiger charge is -2.05. The fourth-order valence-electron chi connectivity index (χ4n) is 1.67. The number of nitrogens with one attached hydrogen (secondary N) is 1. The van der Waals surface area contributed by atoms with Gasteiger partial charge < -0.3 is 5.32 Å². The zero-order valence-corrected chi connectivity index (χ0v) is 14.3. The van der Waals surface area contributed by atoms with E-state index in [0.29, 0.717) is 11.1 Å². The number of nitrogens with zero attached hydrogens (tertiary/aromatic N) is 3. The van der Waals surface area contributed by atoms with Crippen LogP contribution < -0.4 is 5.32 Å². The fourth-order valence-corrected chi connectivity index (χ4v) is 3.11. The molecule has 0 fully saturated rings. The normalized spacial score (nSPS) is 11.3. The summed E-state index contributed by atoms with van der Waals surface area (Å²) in [5.41, 5.74) is 0.953. The molecular formula is C14H18Cl2N4S. The number of rotatable bonds is 7. The van der Waals surface area contributed by atoms with Crippen LogP contribution in [0.2, 0.25) is 10.0 Å². The Balaban J connectivity index is 1.82. The molecule has 0 aliphatic carbocycles. The van der Waals surface area contributed by atoms with Gasteiger partial charge in [0.2, 0.25) is 0 Å². The Morgan fingerprint density at radius 3 is 2.90 bits per heavy atom. The molecule has 114 valence electrons. The lowest BCUT2D eigenvalue weighted by molar-refractivity contribution is 0.580. The van der Waals surface area contributed by atoms with E-state index < -0.39 is 0 Å². The van der Waals surface area contributed by atoms with Crippen molar-refractivity contribution in [3.05, 3.63) is 40.1 Å². The number of halogens is 2. The summed E-state index contributed by atoms with van der Waals surface area (Å²) in [5, 5.41) is 13.0. The van der Waals surface area contributed by atoms with Crippen LogP contribution in [-0.4, -0.2) is 26.8 Å². The molecule has 1 N–H and O–H groups in total. The SMILES string of the molecule is CC(C)NCc1cn(CCSc2cc(Cl)ccc2Cl)nn1. The standard InChI is InChI=1S/C14H18Cl2N4S/c1-10(2)17-8-12-9-20(19-18-12)5-6-21-14-7-11(15)3-4-13(14)16/h3-4,7,9-10,17H,5-6,8H2,1-2H3. The molecule has 0 aliphatic rings. The van der Waals surface area contributed by atoms with Crippen molar-refractivity contribution in [1.82, 2.24) is 20.3 Å². The molecule has 2 rings (SSSR count). The van der Waals surface area contributed by atoms with Gasteiger partial charge in [-0.2, -0.15) is 0 Å². The van der Waals surface area contributed by atoms with Crippen molar-refractivity contribution in [2.45, 2.75) is 37.9 Å². The Labute approximate surface area is 139 Å². The first kappa shape index (κ1) is 16.6. The van der Waals surface area contributed by atoms with Gasteiger partial charge in [0.05, 0.1) is 17.3 Å². The molecule has 21 heavy (non-hydrogen) atoms. The topological polar surface area (TPSA) is 42.7 Å². The summed E-state index contributed by atoms with van der Waals surface area (Å²) >= 11 is 13.8. The average molecular weight is 345 g/mol. The van der Waals surface area contributed by atoms with Crippen LogP contribution >= 0.6 is 35.0 Å². The van der Waals surface area contributed by atoms with Gasteiger partial charge in [0.1, 0.15) is 0 Å². The Morgan fingerprint density at radius 2 is 2.14 bits per heavy atom. The third-order valence-electron chi connectivity index (χ3n) is 2.75. The maximum atomic E-state index is 6.13. The van der Waals surface area contributed by atoms with Gasteiger partial charge >= 0.3 is 0 Å². The molecule has 0 atom stereocenters. The summed E-state index contributed by atoms with van der Waals surface area (Å²) in [6.07, 6.45) is 1.97. The summed E-state index contributed by atoms with van der Waals surface area (Å²) in [7, 11) is 0. The minimum atomic E-state index is 0.440. The highest BCUT2D eigenvalue weighted by Gasteiger charge is 2.04. The van der Waals surface area contributed by atoms with Crippen molar-refractivity contribution in [2.75, 3.05) is 5.75 Å². The van der Waals surface area contributed by atoms with Crippen molar-refractivity contribution in [3.63, 3.8) is 0 Å². The predicted molar refractivity (Wildman–Crippen MR) is 89.2 cm³/mol. The van der Waals surface area contributed by atoms with Gasteiger partial charge in [0.15, 0.2) is 0 Å². The number of hydrogen-bond donors (Lipinski definition) is 1. The molecule has 4 nitrogen and oxygen atoms in total. The highest BCUT2D eigenvalue weighted by molar-refractivity contribution is 7.99. The minimum absolute atomic E-state index is 0.440. The lowest BCUT2D eigenvalue weighted by Crippen LogP contribution is -2.21. The summed E-state index contributed by atoms with van der Waals surface area (Å²) in [4.78, 5) is 0.992. The third-order valence-corrected chi connectivity index (χ3v) is 4.46. The lowest BCUT2D eigenvalue weighted by atomic mass is 10.3. The monoisotopic (exact) mass is 344 g/mol. The summed E-state index contributed by atoms with van der Waals surface area (Å²) < 4.78 is 1.85. The van der Waals surface area contributed by atoms with E-state index in [2.05, 4.69) is 29.5 Å². The largest absolute Gasteiger partial charge is 0.309 e. The van der Waals surface area contributed by atoms with Crippen molar-refractivity contribution < 1.29 is 0 Å². The van der Waals surface area contributed by atoms with E-state index in [1.54, 1.807) is 17.8 Å². The smallest absolute Gasteiger partial charge is 0.0964 e. The second-order valence-electron chi connectivity index (χ2n) is 4.93. The molecular weight excluding hydrogens is 327 g/mol. The van der Waals surface area contributed by atoms with Crippen LogP contribution in [0.3, 0.4) is 0 Å². The average Bonchev–Trinajstić information content (AvgIpc) is 2.88. The Bertz CT molecular complexity index is 586. The molecule has 0 saturated heterocycles. The van der Waals surface area contributed by atoms with Gasteiger partial charge in [-0.05, 0) is 18.2 Å². The van der Waals surface area contributed by atoms with Gasteiger partial charge in [0.25, 0.3) is 0 Å². The summed E-state index contributed by atoms with van der Waals surface area (Å²) in [6.45, 7) is 5.73. The van der Waals surface area contributed by atoms with Gasteiger partial charge in [0, 0.05) is 34.5 Å². The van der Waals surface area contributed by atoms with E-state index in [1.807, 2.05) is 23.0 Å². The van der Waals surface area contributed by atoms with Crippen molar-refractivity contribution in [2.24, 2.45) is 0 Å². The molecule has 0 bridgehead atoms. The second-order valence-corrected chi connectivity index (χ2v) is 6.91. The number of hydrogen-bond acceptors (Lipinski definition) is 4. The van der Waals surface area contributed by atoms with Crippen molar-refractivity contribution in [1.29, 1.82) is 0 Å². The quantitative estimate of drug-likeness (QED) is 0.774. The minimum Gasteiger partial charge on any atom is -0.309 e. The molecule has 7 heteroatoms. The fraction of sp³-hybridized carbons (Fsp3) is 0.429. The number of aryl methyl sites for hydroxylation is 1. The van der Waals surface area contributed by atoms with Crippen LogP contribution in [0.15, 0.2) is 29.3 Å². The van der Waals surface area contributed by atoms with Gasteiger partial charge in [-0.3, -0.25) is 4.68 Å². The van der Waals surface area contributed by atoms with Crippen molar-refractivity contribution >= 4 is 35.0 Å². The first-order chi connectivity index (χ1) is 10.0. The van der Waals surface area contributed by atoms with E-state index in [4.69, 9.17) is 23.2 Å². The van der Waals surface area contributed by atoms with Crippen molar-refractivity contribution in [3.8, 4) is 0 Å². The molecule has 1 heterocycles. The zero-order valence-electron chi connectivity index (χ0n) is 12.0. The highest BCUT2D eigenvalue weighted by atomic mass is 35.5. The van der Waals surface area contributed by atoms with E-state index in [-0.39, 0.29) is 0 Å². The van der Waals surface area contributed by atoms with Crippen LogP contribution in [0.4, 0.5) is 0 Å². The number of benzene rings is 1. The molecule has 0 radical (unpaired) electrons. The van der Waals surface area contributed by atoms with E-state index in [9.17, 15) is 0 Å². The molecule has 0 aliphatic heterocycles.